The van der Waals surface area contributed by atoms with Crippen LogP contribution in [0.2, 0.25) is 0 Å². The van der Waals surface area contributed by atoms with Gasteiger partial charge in [0.15, 0.2) is 0 Å². The lowest BCUT2D eigenvalue weighted by atomic mass is 10.1. The maximum Gasteiger partial charge on any atom is 0.335 e. The average Bonchev–Trinajstić information content (AvgIpc) is 2.34. The fourth-order valence-corrected chi connectivity index (χ4v) is 2.17. The molecular formula is C15H24N2O2. The van der Waals surface area contributed by atoms with Crippen molar-refractivity contribution in [3.63, 3.8) is 0 Å². The SMILES string of the molecule is CCN(CCCN(C)C)c1ccc(C(=O)O)cc1C. The molecule has 0 unspecified atom stereocenters. The number of aromatic carboxylic acids is 1. The molecule has 0 aliphatic heterocycles. The topological polar surface area (TPSA) is 43.8 Å². The lowest BCUT2D eigenvalue weighted by molar-refractivity contribution is 0.0697. The standard InChI is InChI=1S/C15H24N2O2/c1-5-17(10-6-9-16(3)4)14-8-7-13(15(18)19)11-12(14)2/h7-8,11H,5-6,9-10H2,1-4H3,(H,18,19). The van der Waals surface area contributed by atoms with E-state index in [-0.39, 0.29) is 0 Å². The van der Waals surface area contributed by atoms with Crippen LogP contribution in [-0.4, -0.2) is 49.7 Å². The van der Waals surface area contributed by atoms with Crippen LogP contribution in [0.4, 0.5) is 5.69 Å². The van der Waals surface area contributed by atoms with Crippen molar-refractivity contribution in [2.75, 3.05) is 38.6 Å². The van der Waals surface area contributed by atoms with Crippen molar-refractivity contribution < 1.29 is 9.90 Å². The highest BCUT2D eigenvalue weighted by molar-refractivity contribution is 5.88. The second-order valence-electron chi connectivity index (χ2n) is 5.04. The lowest BCUT2D eigenvalue weighted by Gasteiger charge is -2.25. The van der Waals surface area contributed by atoms with Crippen molar-refractivity contribution in [2.24, 2.45) is 0 Å². The van der Waals surface area contributed by atoms with Crippen LogP contribution in [0.25, 0.3) is 0 Å². The van der Waals surface area contributed by atoms with Crippen LogP contribution in [0.3, 0.4) is 0 Å². The summed E-state index contributed by atoms with van der Waals surface area (Å²) in [6.45, 7) is 7.07. The first-order chi connectivity index (χ1) is 8.95. The van der Waals surface area contributed by atoms with Crippen LogP contribution in [-0.2, 0) is 0 Å². The van der Waals surface area contributed by atoms with Crippen molar-refractivity contribution in [1.29, 1.82) is 0 Å². The van der Waals surface area contributed by atoms with Gasteiger partial charge in [0.25, 0.3) is 0 Å². The first kappa shape index (κ1) is 15.5. The minimum absolute atomic E-state index is 0.352. The molecule has 0 heterocycles. The van der Waals surface area contributed by atoms with Gasteiger partial charge < -0.3 is 14.9 Å². The average molecular weight is 264 g/mol. The molecular weight excluding hydrogens is 240 g/mol. The molecule has 0 saturated heterocycles. The number of rotatable bonds is 7. The van der Waals surface area contributed by atoms with Crippen LogP contribution < -0.4 is 4.90 Å². The summed E-state index contributed by atoms with van der Waals surface area (Å²) in [6, 6.07) is 5.34. The first-order valence-corrected chi connectivity index (χ1v) is 6.69. The summed E-state index contributed by atoms with van der Waals surface area (Å²) in [7, 11) is 4.15. The summed E-state index contributed by atoms with van der Waals surface area (Å²) in [5.41, 5.74) is 2.50. The van der Waals surface area contributed by atoms with Crippen molar-refractivity contribution >= 4 is 11.7 Å². The number of aryl methyl sites for hydroxylation is 1. The Kier molecular flexibility index (Phi) is 5.83. The molecule has 4 nitrogen and oxygen atoms in total. The summed E-state index contributed by atoms with van der Waals surface area (Å²) >= 11 is 0. The second-order valence-corrected chi connectivity index (χ2v) is 5.04. The number of hydrogen-bond acceptors (Lipinski definition) is 3. The van der Waals surface area contributed by atoms with Gasteiger partial charge in [0.05, 0.1) is 5.56 Å². The van der Waals surface area contributed by atoms with Crippen molar-refractivity contribution in [3.8, 4) is 0 Å². The molecule has 0 atom stereocenters. The Hall–Kier alpha value is -1.55. The zero-order valence-electron chi connectivity index (χ0n) is 12.3. The second kappa shape index (κ2) is 7.14. The zero-order chi connectivity index (χ0) is 14.4. The van der Waals surface area contributed by atoms with Crippen LogP contribution in [0.15, 0.2) is 18.2 Å². The maximum atomic E-state index is 10.9. The number of benzene rings is 1. The van der Waals surface area contributed by atoms with E-state index in [0.29, 0.717) is 5.56 Å². The van der Waals surface area contributed by atoms with Gasteiger partial charge in [-0.3, -0.25) is 0 Å². The predicted molar refractivity (Wildman–Crippen MR) is 79.2 cm³/mol. The summed E-state index contributed by atoms with van der Waals surface area (Å²) in [5, 5.41) is 8.98. The zero-order valence-corrected chi connectivity index (χ0v) is 12.3. The third-order valence-corrected chi connectivity index (χ3v) is 3.20. The van der Waals surface area contributed by atoms with Crippen LogP contribution in [0.5, 0.6) is 0 Å². The Morgan fingerprint density at radius 3 is 2.42 bits per heavy atom. The minimum atomic E-state index is -0.870. The fourth-order valence-electron chi connectivity index (χ4n) is 2.17. The quantitative estimate of drug-likeness (QED) is 0.821. The van der Waals surface area contributed by atoms with E-state index in [9.17, 15) is 4.79 Å². The van der Waals surface area contributed by atoms with E-state index >= 15 is 0 Å². The summed E-state index contributed by atoms with van der Waals surface area (Å²) in [4.78, 5) is 15.4. The van der Waals surface area contributed by atoms with Gasteiger partial charge in [-0.25, -0.2) is 4.79 Å². The van der Waals surface area contributed by atoms with Crippen LogP contribution in [0, 0.1) is 6.92 Å². The molecule has 19 heavy (non-hydrogen) atoms. The number of hydrogen-bond donors (Lipinski definition) is 1. The summed E-state index contributed by atoms with van der Waals surface area (Å²) < 4.78 is 0. The molecule has 0 saturated carbocycles. The third-order valence-electron chi connectivity index (χ3n) is 3.20. The predicted octanol–water partition coefficient (Wildman–Crippen LogP) is 2.47. The van der Waals surface area contributed by atoms with Gasteiger partial charge in [0.1, 0.15) is 0 Å². The minimum Gasteiger partial charge on any atom is -0.478 e. The van der Waals surface area contributed by atoms with Crippen molar-refractivity contribution in [3.05, 3.63) is 29.3 Å². The molecule has 1 rings (SSSR count). The molecule has 1 N–H and O–H groups in total. The Bertz CT molecular complexity index is 430. The van der Waals surface area contributed by atoms with Gasteiger partial charge >= 0.3 is 5.97 Å². The van der Waals surface area contributed by atoms with Crippen molar-refractivity contribution in [2.45, 2.75) is 20.3 Å². The van der Waals surface area contributed by atoms with E-state index in [1.54, 1.807) is 12.1 Å². The monoisotopic (exact) mass is 264 g/mol. The first-order valence-electron chi connectivity index (χ1n) is 6.69. The van der Waals surface area contributed by atoms with E-state index < -0.39 is 5.97 Å². The Morgan fingerprint density at radius 2 is 1.95 bits per heavy atom. The van der Waals surface area contributed by atoms with E-state index in [1.165, 1.54) is 0 Å². The van der Waals surface area contributed by atoms with Gasteiger partial charge in [0.2, 0.25) is 0 Å². The molecule has 106 valence electrons. The maximum absolute atomic E-state index is 10.9. The highest BCUT2D eigenvalue weighted by atomic mass is 16.4. The highest BCUT2D eigenvalue weighted by Gasteiger charge is 2.10. The Morgan fingerprint density at radius 1 is 1.26 bits per heavy atom. The molecule has 0 radical (unpaired) electrons. The van der Waals surface area contributed by atoms with Gasteiger partial charge in [-0.2, -0.15) is 0 Å². The van der Waals surface area contributed by atoms with Gasteiger partial charge in [0, 0.05) is 18.8 Å². The van der Waals surface area contributed by atoms with E-state index in [4.69, 9.17) is 5.11 Å². The fraction of sp³-hybridized carbons (Fsp3) is 0.533. The van der Waals surface area contributed by atoms with E-state index in [1.807, 2.05) is 13.0 Å². The molecule has 0 aliphatic rings. The highest BCUT2D eigenvalue weighted by Crippen LogP contribution is 2.21. The number of carboxylic acids is 1. The number of nitrogens with zero attached hydrogens (tertiary/aromatic N) is 2. The molecule has 1 aromatic carbocycles. The molecule has 0 spiro atoms. The molecule has 4 heteroatoms. The third kappa shape index (κ3) is 4.56. The largest absolute Gasteiger partial charge is 0.478 e. The Labute approximate surface area is 115 Å². The molecule has 0 aromatic heterocycles. The van der Waals surface area contributed by atoms with Gasteiger partial charge in [-0.05, 0) is 64.7 Å². The van der Waals surface area contributed by atoms with Crippen LogP contribution >= 0.6 is 0 Å². The van der Waals surface area contributed by atoms with Gasteiger partial charge in [-0.15, -0.1) is 0 Å². The molecule has 0 amide bonds. The van der Waals surface area contributed by atoms with Crippen LogP contribution in [0.1, 0.15) is 29.3 Å². The van der Waals surface area contributed by atoms with E-state index in [2.05, 4.69) is 30.8 Å². The summed E-state index contributed by atoms with van der Waals surface area (Å²) in [6.07, 6.45) is 1.10. The number of carboxylic acid groups (broad SMARTS) is 1. The molecule has 1 aromatic rings. The number of anilines is 1. The smallest absolute Gasteiger partial charge is 0.335 e. The molecule has 0 fully saturated rings. The van der Waals surface area contributed by atoms with Crippen molar-refractivity contribution in [1.82, 2.24) is 4.90 Å². The Balaban J connectivity index is 2.78. The molecule has 0 bridgehead atoms. The summed E-state index contributed by atoms with van der Waals surface area (Å²) in [5.74, 6) is -0.870. The van der Waals surface area contributed by atoms with E-state index in [0.717, 1.165) is 37.3 Å². The molecule has 0 aliphatic carbocycles. The lowest BCUT2D eigenvalue weighted by Crippen LogP contribution is -2.27. The van der Waals surface area contributed by atoms with Gasteiger partial charge in [-0.1, -0.05) is 0 Å². The normalized spacial score (nSPS) is 10.8. The number of carbonyl (C=O) groups is 1.